The summed E-state index contributed by atoms with van der Waals surface area (Å²) in [6.45, 7) is 7.24. The molecule has 118 valence electrons. The van der Waals surface area contributed by atoms with E-state index in [9.17, 15) is 14.4 Å². The second kappa shape index (κ2) is 8.61. The van der Waals surface area contributed by atoms with E-state index in [1.807, 2.05) is 0 Å². The van der Waals surface area contributed by atoms with Crippen molar-refractivity contribution in [3.8, 4) is 0 Å². The lowest BCUT2D eigenvalue weighted by Gasteiger charge is -2.18. The van der Waals surface area contributed by atoms with Gasteiger partial charge >= 0.3 is 5.97 Å². The van der Waals surface area contributed by atoms with Gasteiger partial charge in [0.25, 0.3) is 0 Å². The Balaban J connectivity index is 2.62. The molecule has 22 heavy (non-hydrogen) atoms. The van der Waals surface area contributed by atoms with Crippen LogP contribution in [-0.2, 0) is 14.3 Å². The highest BCUT2D eigenvalue weighted by atomic mass is 16.5. The maximum Gasteiger partial charge on any atom is 0.338 e. The van der Waals surface area contributed by atoms with Gasteiger partial charge in [-0.05, 0) is 31.2 Å². The second-order valence-electron chi connectivity index (χ2n) is 4.53. The van der Waals surface area contributed by atoms with Crippen LogP contribution in [0.3, 0.4) is 0 Å². The number of carbonyl (C=O) groups excluding carboxylic acids is 3. The lowest BCUT2D eigenvalue weighted by Crippen LogP contribution is -2.36. The molecule has 6 heteroatoms. The molecule has 0 aliphatic heterocycles. The third-order valence-corrected chi connectivity index (χ3v) is 2.81. The lowest BCUT2D eigenvalue weighted by atomic mass is 10.2. The van der Waals surface area contributed by atoms with E-state index in [0.29, 0.717) is 24.4 Å². The molecule has 6 nitrogen and oxygen atoms in total. The van der Waals surface area contributed by atoms with Gasteiger partial charge in [-0.15, -0.1) is 6.58 Å². The quantitative estimate of drug-likeness (QED) is 0.616. The number of nitrogens with one attached hydrogen (secondary N) is 1. The predicted octanol–water partition coefficient (Wildman–Crippen LogP) is 1.84. The maximum absolute atomic E-state index is 11.9. The molecule has 0 aliphatic carbocycles. The summed E-state index contributed by atoms with van der Waals surface area (Å²) in [5, 5.41) is 2.66. The number of rotatable bonds is 7. The zero-order valence-corrected chi connectivity index (χ0v) is 12.8. The van der Waals surface area contributed by atoms with Gasteiger partial charge in [-0.1, -0.05) is 6.08 Å². The van der Waals surface area contributed by atoms with E-state index in [0.717, 1.165) is 0 Å². The van der Waals surface area contributed by atoms with Crippen LogP contribution in [0.5, 0.6) is 0 Å². The third-order valence-electron chi connectivity index (χ3n) is 2.81. The highest BCUT2D eigenvalue weighted by molar-refractivity contribution is 5.95. The molecule has 0 fully saturated rings. The molecular formula is C16H20N2O4. The fourth-order valence-corrected chi connectivity index (χ4v) is 1.74. The van der Waals surface area contributed by atoms with Crippen molar-refractivity contribution in [2.45, 2.75) is 13.8 Å². The van der Waals surface area contributed by atoms with Crippen LogP contribution < -0.4 is 5.32 Å². The Bertz CT molecular complexity index is 552. The average Bonchev–Trinajstić information content (AvgIpc) is 2.47. The number of ether oxygens (including phenoxy) is 1. The first-order chi connectivity index (χ1) is 10.5. The minimum atomic E-state index is -0.408. The highest BCUT2D eigenvalue weighted by Gasteiger charge is 2.12. The van der Waals surface area contributed by atoms with Crippen LogP contribution in [0, 0.1) is 0 Å². The van der Waals surface area contributed by atoms with Gasteiger partial charge in [0, 0.05) is 19.2 Å². The molecule has 0 saturated carbocycles. The molecule has 0 bridgehead atoms. The molecule has 1 aromatic rings. The fraction of sp³-hybridized carbons (Fsp3) is 0.312. The van der Waals surface area contributed by atoms with Gasteiger partial charge in [0.05, 0.1) is 12.2 Å². The van der Waals surface area contributed by atoms with E-state index in [1.165, 1.54) is 11.8 Å². The van der Waals surface area contributed by atoms with Crippen LogP contribution in [-0.4, -0.2) is 42.4 Å². The van der Waals surface area contributed by atoms with Crippen LogP contribution in [0.15, 0.2) is 36.9 Å². The minimum Gasteiger partial charge on any atom is -0.462 e. The standard InChI is InChI=1S/C16H20N2O4/c1-4-10-18(12(3)19)11-15(20)17-14-8-6-13(7-9-14)16(21)22-5-2/h4,6-9H,1,5,10-11H2,2-3H3,(H,17,20). The van der Waals surface area contributed by atoms with Crippen LogP contribution in [0.2, 0.25) is 0 Å². The number of hydrogen-bond donors (Lipinski definition) is 1. The molecule has 1 rings (SSSR count). The smallest absolute Gasteiger partial charge is 0.338 e. The number of hydrogen-bond acceptors (Lipinski definition) is 4. The highest BCUT2D eigenvalue weighted by Crippen LogP contribution is 2.10. The Labute approximate surface area is 129 Å². The van der Waals surface area contributed by atoms with Gasteiger partial charge in [-0.2, -0.15) is 0 Å². The molecule has 1 aromatic carbocycles. The summed E-state index contributed by atoms with van der Waals surface area (Å²) >= 11 is 0. The van der Waals surface area contributed by atoms with Crippen LogP contribution in [0.25, 0.3) is 0 Å². The van der Waals surface area contributed by atoms with E-state index in [2.05, 4.69) is 11.9 Å². The van der Waals surface area contributed by atoms with Gasteiger partial charge < -0.3 is 15.0 Å². The van der Waals surface area contributed by atoms with Crippen molar-refractivity contribution >= 4 is 23.5 Å². The Morgan fingerprint density at radius 3 is 2.41 bits per heavy atom. The van der Waals surface area contributed by atoms with Gasteiger partial charge in [-0.3, -0.25) is 9.59 Å². The molecular weight excluding hydrogens is 284 g/mol. The van der Waals surface area contributed by atoms with Crippen molar-refractivity contribution in [1.82, 2.24) is 4.90 Å². The number of esters is 1. The van der Waals surface area contributed by atoms with Crippen molar-refractivity contribution in [1.29, 1.82) is 0 Å². The molecule has 0 heterocycles. The molecule has 1 N–H and O–H groups in total. The monoisotopic (exact) mass is 304 g/mol. The van der Waals surface area contributed by atoms with E-state index in [1.54, 1.807) is 37.3 Å². The minimum absolute atomic E-state index is 0.0546. The number of carbonyl (C=O) groups is 3. The van der Waals surface area contributed by atoms with Crippen LogP contribution in [0.1, 0.15) is 24.2 Å². The Kier molecular flexibility index (Phi) is 6.82. The molecule has 0 saturated heterocycles. The van der Waals surface area contributed by atoms with Crippen molar-refractivity contribution in [3.05, 3.63) is 42.5 Å². The largest absolute Gasteiger partial charge is 0.462 e. The molecule has 0 atom stereocenters. The van der Waals surface area contributed by atoms with Crippen LogP contribution >= 0.6 is 0 Å². The van der Waals surface area contributed by atoms with Crippen molar-refractivity contribution in [2.75, 3.05) is 25.0 Å². The molecule has 0 spiro atoms. The summed E-state index contributed by atoms with van der Waals surface area (Å²) in [5.74, 6) is -0.928. The number of benzene rings is 1. The Hall–Kier alpha value is -2.63. The molecule has 0 radical (unpaired) electrons. The summed E-state index contributed by atoms with van der Waals surface area (Å²) in [5.41, 5.74) is 0.956. The molecule has 0 aliphatic rings. The Morgan fingerprint density at radius 1 is 1.27 bits per heavy atom. The predicted molar refractivity (Wildman–Crippen MR) is 83.5 cm³/mol. The average molecular weight is 304 g/mol. The zero-order valence-electron chi connectivity index (χ0n) is 12.8. The summed E-state index contributed by atoms with van der Waals surface area (Å²) in [7, 11) is 0. The maximum atomic E-state index is 11.9. The SMILES string of the molecule is C=CCN(CC(=O)Nc1ccc(C(=O)OCC)cc1)C(C)=O. The van der Waals surface area contributed by atoms with Gasteiger partial charge in [0.1, 0.15) is 6.54 Å². The van der Waals surface area contributed by atoms with Crippen LogP contribution in [0.4, 0.5) is 5.69 Å². The molecule has 0 unspecified atom stereocenters. The summed E-state index contributed by atoms with van der Waals surface area (Å²) in [6.07, 6.45) is 1.56. The first-order valence-corrected chi connectivity index (χ1v) is 6.91. The van der Waals surface area contributed by atoms with Crippen molar-refractivity contribution in [3.63, 3.8) is 0 Å². The first kappa shape index (κ1) is 17.4. The second-order valence-corrected chi connectivity index (χ2v) is 4.53. The molecule has 2 amide bonds. The van der Waals surface area contributed by atoms with E-state index >= 15 is 0 Å². The number of anilines is 1. The lowest BCUT2D eigenvalue weighted by molar-refractivity contribution is -0.132. The number of nitrogens with zero attached hydrogens (tertiary/aromatic N) is 1. The Morgan fingerprint density at radius 2 is 1.91 bits per heavy atom. The zero-order chi connectivity index (χ0) is 16.5. The van der Waals surface area contributed by atoms with Crippen molar-refractivity contribution in [2.24, 2.45) is 0 Å². The van der Waals surface area contributed by atoms with E-state index < -0.39 is 5.97 Å². The first-order valence-electron chi connectivity index (χ1n) is 6.91. The third kappa shape index (κ3) is 5.40. The van der Waals surface area contributed by atoms with E-state index in [-0.39, 0.29) is 18.4 Å². The van der Waals surface area contributed by atoms with Gasteiger partial charge in [0.2, 0.25) is 11.8 Å². The van der Waals surface area contributed by atoms with Gasteiger partial charge in [-0.25, -0.2) is 4.79 Å². The van der Waals surface area contributed by atoms with Crippen molar-refractivity contribution < 1.29 is 19.1 Å². The topological polar surface area (TPSA) is 75.7 Å². The number of amides is 2. The van der Waals surface area contributed by atoms with Gasteiger partial charge in [0.15, 0.2) is 0 Å². The summed E-state index contributed by atoms with van der Waals surface area (Å²) in [4.78, 5) is 36.1. The van der Waals surface area contributed by atoms with E-state index in [4.69, 9.17) is 4.74 Å². The molecule has 0 aromatic heterocycles. The summed E-state index contributed by atoms with van der Waals surface area (Å²) in [6, 6.07) is 6.35. The summed E-state index contributed by atoms with van der Waals surface area (Å²) < 4.78 is 4.87. The fourth-order valence-electron chi connectivity index (χ4n) is 1.74. The normalized spacial score (nSPS) is 9.73.